The maximum Gasteiger partial charge on any atom is 0.416 e. The molecule has 1 aliphatic rings. The van der Waals surface area contributed by atoms with Crippen molar-refractivity contribution in [2.75, 3.05) is 20.8 Å². The van der Waals surface area contributed by atoms with E-state index in [1.54, 1.807) is 7.11 Å². The van der Waals surface area contributed by atoms with Crippen LogP contribution in [0.5, 0.6) is 5.75 Å². The van der Waals surface area contributed by atoms with Gasteiger partial charge in [0.25, 0.3) is 0 Å². The van der Waals surface area contributed by atoms with E-state index >= 15 is 0 Å². The Bertz CT molecular complexity index is 1250. The van der Waals surface area contributed by atoms with E-state index in [0.29, 0.717) is 30.8 Å². The summed E-state index contributed by atoms with van der Waals surface area (Å²) >= 11 is 0. The molecular weight excluding hydrogens is 491 g/mol. The first-order valence-corrected chi connectivity index (χ1v) is 11.5. The number of hydrogen-bond acceptors (Lipinski definition) is 7. The van der Waals surface area contributed by atoms with Crippen LogP contribution in [0.25, 0.3) is 0 Å². The number of alkyl halides is 3. The van der Waals surface area contributed by atoms with Crippen LogP contribution in [0.15, 0.2) is 54.7 Å². The van der Waals surface area contributed by atoms with Gasteiger partial charge in [0.05, 0.1) is 38.1 Å². The Balaban J connectivity index is 1.50. The Labute approximate surface area is 211 Å². The van der Waals surface area contributed by atoms with E-state index in [9.17, 15) is 22.8 Å². The van der Waals surface area contributed by atoms with Crippen LogP contribution in [0.1, 0.15) is 39.6 Å². The van der Waals surface area contributed by atoms with Crippen molar-refractivity contribution in [1.29, 1.82) is 0 Å². The highest BCUT2D eigenvalue weighted by molar-refractivity contribution is 5.86. The van der Waals surface area contributed by atoms with Gasteiger partial charge in [-0.2, -0.15) is 13.2 Å². The summed E-state index contributed by atoms with van der Waals surface area (Å²) in [7, 11) is 2.82. The van der Waals surface area contributed by atoms with Gasteiger partial charge in [0.2, 0.25) is 5.91 Å². The zero-order valence-corrected chi connectivity index (χ0v) is 20.2. The van der Waals surface area contributed by atoms with Crippen LogP contribution in [0.2, 0.25) is 0 Å². The molecule has 1 fully saturated rings. The second-order valence-electron chi connectivity index (χ2n) is 8.67. The summed E-state index contributed by atoms with van der Waals surface area (Å²) in [6, 6.07) is 11.5. The smallest absolute Gasteiger partial charge is 0.416 e. The Hall–Kier alpha value is -3.93. The number of nitrogens with one attached hydrogen (secondary N) is 1. The summed E-state index contributed by atoms with van der Waals surface area (Å²) in [4.78, 5) is 27.0. The first-order chi connectivity index (χ1) is 17.7. The molecule has 0 spiro atoms. The van der Waals surface area contributed by atoms with Gasteiger partial charge in [0, 0.05) is 19.6 Å². The highest BCUT2D eigenvalue weighted by Crippen LogP contribution is 2.31. The largest absolute Gasteiger partial charge is 0.497 e. The fourth-order valence-electron chi connectivity index (χ4n) is 4.30. The number of ether oxygens (including phenoxy) is 2. The molecule has 1 aliphatic heterocycles. The summed E-state index contributed by atoms with van der Waals surface area (Å²) in [5, 5.41) is 10.7. The molecule has 1 N–H and O–H groups in total. The molecule has 196 valence electrons. The lowest BCUT2D eigenvalue weighted by molar-refractivity contribution is -0.137. The van der Waals surface area contributed by atoms with Gasteiger partial charge in [-0.15, -0.1) is 5.10 Å². The molecular formula is C25H26F3N5O4. The minimum atomic E-state index is -4.46. The Morgan fingerprint density at radius 1 is 1.11 bits per heavy atom. The molecule has 3 aromatic rings. The number of benzene rings is 2. The summed E-state index contributed by atoms with van der Waals surface area (Å²) in [5.41, 5.74) is 0.583. The van der Waals surface area contributed by atoms with E-state index in [1.807, 2.05) is 29.2 Å². The van der Waals surface area contributed by atoms with Crippen LogP contribution < -0.4 is 10.1 Å². The molecule has 2 atom stereocenters. The maximum absolute atomic E-state index is 13.2. The lowest BCUT2D eigenvalue weighted by Gasteiger charge is -2.23. The maximum atomic E-state index is 13.2. The minimum absolute atomic E-state index is 0.0455. The van der Waals surface area contributed by atoms with Gasteiger partial charge >= 0.3 is 12.1 Å². The molecule has 2 aromatic carbocycles. The quantitative estimate of drug-likeness (QED) is 0.458. The highest BCUT2D eigenvalue weighted by atomic mass is 19.4. The third-order valence-electron chi connectivity index (χ3n) is 6.23. The molecule has 9 nitrogen and oxygen atoms in total. The SMILES string of the molecule is COC(=O)c1cn([C@@H]2C[C@@H](C(=O)NCc3cccc(C(F)(F)F)c3)N(Cc3ccc(OC)cc3)C2)nn1. The van der Waals surface area contributed by atoms with Crippen LogP contribution in [0, 0.1) is 0 Å². The van der Waals surface area contributed by atoms with E-state index < -0.39 is 23.8 Å². The standard InChI is InChI=1S/C25H26F3N5O4/c1-36-20-8-6-16(7-9-20)13-32-14-19(33-15-21(30-31-33)24(35)37-2)11-22(32)23(34)29-12-17-4-3-5-18(10-17)25(26,27)28/h3-10,15,19,22H,11-14H2,1-2H3,(H,29,34)/t19-,22+/m1/s1. The topological polar surface area (TPSA) is 98.6 Å². The molecule has 0 radical (unpaired) electrons. The first-order valence-electron chi connectivity index (χ1n) is 11.5. The third kappa shape index (κ3) is 6.26. The van der Waals surface area contributed by atoms with E-state index in [2.05, 4.69) is 20.4 Å². The number of nitrogens with zero attached hydrogens (tertiary/aromatic N) is 4. The number of amides is 1. The molecule has 12 heteroatoms. The second kappa shape index (κ2) is 11.0. The summed E-state index contributed by atoms with van der Waals surface area (Å²) in [6.45, 7) is 0.842. The van der Waals surface area contributed by atoms with Gasteiger partial charge in [-0.3, -0.25) is 9.69 Å². The van der Waals surface area contributed by atoms with Crippen molar-refractivity contribution in [2.24, 2.45) is 0 Å². The van der Waals surface area contributed by atoms with Crippen LogP contribution in [0.3, 0.4) is 0 Å². The summed E-state index contributed by atoms with van der Waals surface area (Å²) in [5.74, 6) is -0.229. The molecule has 37 heavy (non-hydrogen) atoms. The second-order valence-corrected chi connectivity index (χ2v) is 8.67. The first kappa shape index (κ1) is 26.1. The Morgan fingerprint density at radius 2 is 1.86 bits per heavy atom. The van der Waals surface area contributed by atoms with Crippen molar-refractivity contribution >= 4 is 11.9 Å². The summed E-state index contributed by atoms with van der Waals surface area (Å²) < 4.78 is 50.6. The molecule has 0 unspecified atom stereocenters. The fraction of sp³-hybridized carbons (Fsp3) is 0.360. The number of hydrogen-bond donors (Lipinski definition) is 1. The number of carbonyl (C=O) groups excluding carboxylic acids is 2. The van der Waals surface area contributed by atoms with Crippen LogP contribution >= 0.6 is 0 Å². The molecule has 1 aromatic heterocycles. The normalized spacial score (nSPS) is 18.0. The Morgan fingerprint density at radius 3 is 2.54 bits per heavy atom. The molecule has 1 saturated heterocycles. The number of likely N-dealkylation sites (tertiary alicyclic amines) is 1. The van der Waals surface area contributed by atoms with Crippen LogP contribution in [-0.4, -0.2) is 58.6 Å². The van der Waals surface area contributed by atoms with Crippen molar-refractivity contribution in [2.45, 2.75) is 37.8 Å². The van der Waals surface area contributed by atoms with Crippen molar-refractivity contribution in [1.82, 2.24) is 25.2 Å². The molecule has 0 bridgehead atoms. The minimum Gasteiger partial charge on any atom is -0.497 e. The number of esters is 1. The van der Waals surface area contributed by atoms with E-state index in [-0.39, 0.29) is 24.2 Å². The number of aromatic nitrogens is 3. The Kier molecular flexibility index (Phi) is 7.77. The number of halogens is 3. The number of carbonyl (C=O) groups is 2. The van der Waals surface area contributed by atoms with Gasteiger partial charge in [-0.05, 0) is 41.8 Å². The fourth-order valence-corrected chi connectivity index (χ4v) is 4.30. The molecule has 0 saturated carbocycles. The average molecular weight is 518 g/mol. The molecule has 1 amide bonds. The van der Waals surface area contributed by atoms with Gasteiger partial charge in [0.15, 0.2) is 5.69 Å². The van der Waals surface area contributed by atoms with Gasteiger partial charge in [0.1, 0.15) is 5.75 Å². The molecule has 4 rings (SSSR count). The zero-order chi connectivity index (χ0) is 26.6. The lowest BCUT2D eigenvalue weighted by atomic mass is 10.1. The van der Waals surface area contributed by atoms with Gasteiger partial charge < -0.3 is 14.8 Å². The van der Waals surface area contributed by atoms with Crippen LogP contribution in [-0.2, 0) is 28.8 Å². The van der Waals surface area contributed by atoms with Gasteiger partial charge in [-0.1, -0.05) is 29.5 Å². The number of methoxy groups -OCH3 is 2. The predicted molar refractivity (Wildman–Crippen MR) is 125 cm³/mol. The van der Waals surface area contributed by atoms with Crippen molar-refractivity contribution < 1.29 is 32.2 Å². The predicted octanol–water partition coefficient (Wildman–Crippen LogP) is 3.22. The van der Waals surface area contributed by atoms with Crippen LogP contribution in [0.4, 0.5) is 13.2 Å². The van der Waals surface area contributed by atoms with E-state index in [1.165, 1.54) is 30.1 Å². The lowest BCUT2D eigenvalue weighted by Crippen LogP contribution is -2.42. The van der Waals surface area contributed by atoms with Crippen molar-refractivity contribution in [3.63, 3.8) is 0 Å². The average Bonchev–Trinajstić information content (AvgIpc) is 3.55. The van der Waals surface area contributed by atoms with Crippen molar-refractivity contribution in [3.8, 4) is 5.75 Å². The molecule has 0 aliphatic carbocycles. The highest BCUT2D eigenvalue weighted by Gasteiger charge is 2.38. The number of rotatable bonds is 8. The third-order valence-corrected chi connectivity index (χ3v) is 6.23. The summed E-state index contributed by atoms with van der Waals surface area (Å²) in [6.07, 6.45) is -2.62. The van der Waals surface area contributed by atoms with E-state index in [0.717, 1.165) is 17.7 Å². The van der Waals surface area contributed by atoms with Crippen molar-refractivity contribution in [3.05, 3.63) is 77.1 Å². The monoisotopic (exact) mass is 517 g/mol. The van der Waals surface area contributed by atoms with E-state index in [4.69, 9.17) is 4.74 Å². The molecule has 2 heterocycles. The zero-order valence-electron chi connectivity index (χ0n) is 20.2. The van der Waals surface area contributed by atoms with Gasteiger partial charge in [-0.25, -0.2) is 9.48 Å².